The zero-order valence-corrected chi connectivity index (χ0v) is 17.6. The third kappa shape index (κ3) is 6.10. The Kier molecular flexibility index (Phi) is 8.11. The molecule has 2 aromatic carbocycles. The van der Waals surface area contributed by atoms with E-state index < -0.39 is 18.1 Å². The predicted octanol–water partition coefficient (Wildman–Crippen LogP) is 6.69. The maximum atomic E-state index is 13.3. The monoisotopic (exact) mass is 506 g/mol. The number of benzene rings is 2. The van der Waals surface area contributed by atoms with E-state index in [2.05, 4.69) is 5.10 Å². The van der Waals surface area contributed by atoms with Crippen molar-refractivity contribution in [3.05, 3.63) is 57.6 Å². The number of nitrogens with one attached hydrogen (secondary N) is 1. The lowest BCUT2D eigenvalue weighted by molar-refractivity contribution is -0.361. The molecule has 1 N–H and O–H groups in total. The van der Waals surface area contributed by atoms with E-state index in [4.69, 9.17) is 32.7 Å². The van der Waals surface area contributed by atoms with Crippen molar-refractivity contribution in [1.82, 2.24) is 5.43 Å². The Morgan fingerprint density at radius 2 is 1.69 bits per heavy atom. The SMILES string of the molecule is CCOc1cc(/C=N\NC(F)(F)C(F)(F)C(F)(F)F)cc(Cl)c1OCc1cccc(Cl)c1. The molecular formula is C19H15Cl2F7N2O2. The summed E-state index contributed by atoms with van der Waals surface area (Å²) in [5.41, 5.74) is 1.20. The number of alkyl halides is 7. The normalized spacial score (nSPS) is 12.8. The molecule has 0 saturated heterocycles. The van der Waals surface area contributed by atoms with Gasteiger partial charge in [-0.05, 0) is 42.3 Å². The number of halogens is 9. The Labute approximate surface area is 187 Å². The smallest absolute Gasteiger partial charge is 0.462 e. The Hall–Kier alpha value is -2.40. The van der Waals surface area contributed by atoms with E-state index in [-0.39, 0.29) is 35.3 Å². The molecule has 0 fully saturated rings. The molecule has 0 unspecified atom stereocenters. The highest BCUT2D eigenvalue weighted by Crippen LogP contribution is 2.45. The highest BCUT2D eigenvalue weighted by Gasteiger charge is 2.73. The van der Waals surface area contributed by atoms with Crippen LogP contribution in [0.4, 0.5) is 30.7 Å². The quantitative estimate of drug-likeness (QED) is 0.178. The fourth-order valence-electron chi connectivity index (χ4n) is 2.28. The molecule has 0 aliphatic rings. The van der Waals surface area contributed by atoms with Crippen LogP contribution in [0.5, 0.6) is 11.5 Å². The van der Waals surface area contributed by atoms with Gasteiger partial charge in [-0.15, -0.1) is 0 Å². The molecule has 0 aromatic heterocycles. The molecule has 2 rings (SSSR count). The summed E-state index contributed by atoms with van der Waals surface area (Å²) in [6.07, 6.45) is -5.90. The van der Waals surface area contributed by atoms with E-state index in [9.17, 15) is 30.7 Å². The molecule has 0 atom stereocenters. The average Bonchev–Trinajstić information content (AvgIpc) is 2.66. The van der Waals surface area contributed by atoms with Crippen molar-refractivity contribution in [1.29, 1.82) is 0 Å². The van der Waals surface area contributed by atoms with Crippen molar-refractivity contribution in [3.8, 4) is 11.5 Å². The summed E-state index contributed by atoms with van der Waals surface area (Å²) in [6.45, 7) is 1.84. The third-order valence-electron chi connectivity index (χ3n) is 3.77. The predicted molar refractivity (Wildman–Crippen MR) is 105 cm³/mol. The van der Waals surface area contributed by atoms with E-state index in [1.807, 2.05) is 0 Å². The van der Waals surface area contributed by atoms with Crippen molar-refractivity contribution < 1.29 is 40.2 Å². The van der Waals surface area contributed by atoms with Crippen LogP contribution >= 0.6 is 23.2 Å². The summed E-state index contributed by atoms with van der Waals surface area (Å²) in [7, 11) is 0. The molecule has 0 saturated carbocycles. The van der Waals surface area contributed by atoms with Gasteiger partial charge in [0.1, 0.15) is 6.61 Å². The van der Waals surface area contributed by atoms with Gasteiger partial charge in [0.05, 0.1) is 17.8 Å². The number of nitrogens with zero attached hydrogens (tertiary/aromatic N) is 1. The largest absolute Gasteiger partial charge is 0.490 e. The second-order valence-electron chi connectivity index (χ2n) is 6.20. The van der Waals surface area contributed by atoms with Crippen LogP contribution in [0.15, 0.2) is 41.5 Å². The lowest BCUT2D eigenvalue weighted by atomic mass is 10.2. The topological polar surface area (TPSA) is 42.8 Å². The molecule has 4 nitrogen and oxygen atoms in total. The van der Waals surface area contributed by atoms with Gasteiger partial charge < -0.3 is 9.47 Å². The van der Waals surface area contributed by atoms with E-state index in [0.29, 0.717) is 22.2 Å². The molecule has 32 heavy (non-hydrogen) atoms. The number of hydrazone groups is 1. The second-order valence-corrected chi connectivity index (χ2v) is 7.04. The molecule has 0 aliphatic heterocycles. The van der Waals surface area contributed by atoms with Crippen molar-refractivity contribution in [2.75, 3.05) is 6.61 Å². The lowest BCUT2D eigenvalue weighted by Gasteiger charge is -2.27. The van der Waals surface area contributed by atoms with Gasteiger partial charge in [-0.1, -0.05) is 35.3 Å². The van der Waals surface area contributed by atoms with Crippen molar-refractivity contribution in [3.63, 3.8) is 0 Å². The average molecular weight is 507 g/mol. The highest BCUT2D eigenvalue weighted by molar-refractivity contribution is 6.32. The summed E-state index contributed by atoms with van der Waals surface area (Å²) in [5.74, 6) is -6.19. The van der Waals surface area contributed by atoms with Crippen LogP contribution in [0.3, 0.4) is 0 Å². The number of hydrogen-bond donors (Lipinski definition) is 1. The van der Waals surface area contributed by atoms with Crippen molar-refractivity contribution >= 4 is 29.4 Å². The molecule has 0 amide bonds. The lowest BCUT2D eigenvalue weighted by Crippen LogP contribution is -2.58. The van der Waals surface area contributed by atoms with E-state index in [1.165, 1.54) is 12.1 Å². The third-order valence-corrected chi connectivity index (χ3v) is 4.29. The first-order valence-corrected chi connectivity index (χ1v) is 9.50. The Morgan fingerprint density at radius 3 is 2.28 bits per heavy atom. The van der Waals surface area contributed by atoms with Gasteiger partial charge in [-0.2, -0.15) is 35.8 Å². The molecule has 0 aliphatic carbocycles. The minimum atomic E-state index is -6.48. The van der Waals surface area contributed by atoms with Crippen LogP contribution in [-0.2, 0) is 6.61 Å². The van der Waals surface area contributed by atoms with Gasteiger partial charge >= 0.3 is 18.1 Å². The molecular weight excluding hydrogens is 492 g/mol. The molecule has 0 bridgehead atoms. The first-order valence-electron chi connectivity index (χ1n) is 8.74. The summed E-state index contributed by atoms with van der Waals surface area (Å²) in [6, 6.07) is 3.48. The maximum Gasteiger partial charge on any atom is 0.462 e. The summed E-state index contributed by atoms with van der Waals surface area (Å²) in [4.78, 5) is 0. The Bertz CT molecular complexity index is 969. The van der Waals surface area contributed by atoms with Gasteiger partial charge in [0.25, 0.3) is 0 Å². The zero-order chi connectivity index (χ0) is 24.2. The second kappa shape index (κ2) is 10.0. The number of rotatable bonds is 9. The minimum absolute atomic E-state index is 0.0350. The molecule has 0 spiro atoms. The molecule has 0 heterocycles. The fourth-order valence-corrected chi connectivity index (χ4v) is 2.77. The van der Waals surface area contributed by atoms with Crippen LogP contribution in [0.25, 0.3) is 0 Å². The van der Waals surface area contributed by atoms with Crippen LogP contribution < -0.4 is 14.9 Å². The van der Waals surface area contributed by atoms with Crippen LogP contribution in [0.2, 0.25) is 10.0 Å². The van der Waals surface area contributed by atoms with E-state index in [1.54, 1.807) is 31.2 Å². The van der Waals surface area contributed by atoms with Gasteiger partial charge in [0.15, 0.2) is 11.5 Å². The number of ether oxygens (including phenoxy) is 2. The van der Waals surface area contributed by atoms with Gasteiger partial charge in [0, 0.05) is 5.02 Å². The summed E-state index contributed by atoms with van der Waals surface area (Å²) < 4.78 is 99.8. The van der Waals surface area contributed by atoms with E-state index >= 15 is 0 Å². The number of hydrogen-bond acceptors (Lipinski definition) is 4. The zero-order valence-electron chi connectivity index (χ0n) is 16.1. The summed E-state index contributed by atoms with van der Waals surface area (Å²) in [5, 5.41) is 3.23. The standard InChI is InChI=1S/C19H15Cl2F7N2O2/c1-2-31-15-8-12(9-29-30-19(27,28)17(22,23)18(24,25)26)7-14(21)16(15)32-10-11-4-3-5-13(20)6-11/h3-9,30H,2,10H2,1H3/b29-9-. The fraction of sp³-hybridized carbons (Fsp3) is 0.316. The first kappa shape index (κ1) is 25.9. The van der Waals surface area contributed by atoms with Gasteiger partial charge in [0.2, 0.25) is 0 Å². The molecule has 0 radical (unpaired) electrons. The van der Waals surface area contributed by atoms with Crippen LogP contribution in [-0.4, -0.2) is 31.0 Å². The van der Waals surface area contributed by atoms with E-state index in [0.717, 1.165) is 0 Å². The Morgan fingerprint density at radius 1 is 1.00 bits per heavy atom. The molecule has 13 heteroatoms. The Balaban J connectivity index is 2.21. The summed E-state index contributed by atoms with van der Waals surface area (Å²) >= 11 is 12.0. The van der Waals surface area contributed by atoms with Crippen LogP contribution in [0.1, 0.15) is 18.1 Å². The van der Waals surface area contributed by atoms with Crippen molar-refractivity contribution in [2.45, 2.75) is 31.7 Å². The first-order chi connectivity index (χ1) is 14.8. The molecule has 176 valence electrons. The highest BCUT2D eigenvalue weighted by atomic mass is 35.5. The van der Waals surface area contributed by atoms with Gasteiger partial charge in [-0.3, -0.25) is 0 Å². The minimum Gasteiger partial charge on any atom is -0.490 e. The van der Waals surface area contributed by atoms with Crippen LogP contribution in [0, 0.1) is 0 Å². The molecule has 2 aromatic rings. The van der Waals surface area contributed by atoms with Crippen molar-refractivity contribution in [2.24, 2.45) is 5.10 Å². The van der Waals surface area contributed by atoms with Gasteiger partial charge in [-0.25, -0.2) is 5.43 Å². The maximum absolute atomic E-state index is 13.3.